The predicted octanol–water partition coefficient (Wildman–Crippen LogP) is 1.23. The number of halogens is 2. The van der Waals surface area contributed by atoms with Crippen LogP contribution in [-0.4, -0.2) is 73.6 Å². The molecule has 0 aliphatic carbocycles. The second-order valence-corrected chi connectivity index (χ2v) is 6.89. The number of hydrogen-bond donors (Lipinski definition) is 1. The predicted molar refractivity (Wildman–Crippen MR) is 102 cm³/mol. The Balaban J connectivity index is 0.00000261. The molecule has 150 valence electrons. The number of methoxy groups -OCH3 is 1. The highest BCUT2D eigenvalue weighted by Gasteiger charge is 2.43. The molecule has 2 fully saturated rings. The van der Waals surface area contributed by atoms with Gasteiger partial charge in [0.25, 0.3) is 5.91 Å². The first-order chi connectivity index (χ1) is 12.6. The van der Waals surface area contributed by atoms with E-state index in [2.05, 4.69) is 5.32 Å². The SMILES string of the molecule is COC1(C(=O)N2CCN(C(=O)Cc3ccccc3F)CC2)CCNCC1.Cl. The minimum atomic E-state index is -0.745. The maximum atomic E-state index is 13.7. The van der Waals surface area contributed by atoms with E-state index in [9.17, 15) is 14.0 Å². The molecular weight excluding hydrogens is 373 g/mol. The van der Waals surface area contributed by atoms with Crippen molar-refractivity contribution in [2.24, 2.45) is 0 Å². The third kappa shape index (κ3) is 4.78. The van der Waals surface area contributed by atoms with Crippen LogP contribution in [0.2, 0.25) is 0 Å². The monoisotopic (exact) mass is 399 g/mol. The van der Waals surface area contributed by atoms with Crippen molar-refractivity contribution in [3.63, 3.8) is 0 Å². The van der Waals surface area contributed by atoms with Crippen molar-refractivity contribution in [1.29, 1.82) is 0 Å². The van der Waals surface area contributed by atoms with Gasteiger partial charge in [0.1, 0.15) is 11.4 Å². The number of nitrogens with zero attached hydrogens (tertiary/aromatic N) is 2. The Hall–Kier alpha value is -1.70. The fourth-order valence-electron chi connectivity index (χ4n) is 3.70. The highest BCUT2D eigenvalue weighted by Crippen LogP contribution is 2.26. The van der Waals surface area contributed by atoms with Crippen LogP contribution in [-0.2, 0) is 20.7 Å². The number of amides is 2. The van der Waals surface area contributed by atoms with Crippen LogP contribution >= 0.6 is 12.4 Å². The van der Waals surface area contributed by atoms with Crippen LogP contribution in [0.15, 0.2) is 24.3 Å². The van der Waals surface area contributed by atoms with Gasteiger partial charge < -0.3 is 19.9 Å². The summed E-state index contributed by atoms with van der Waals surface area (Å²) in [4.78, 5) is 28.9. The number of benzene rings is 1. The van der Waals surface area contributed by atoms with Crippen molar-refractivity contribution >= 4 is 24.2 Å². The third-order valence-electron chi connectivity index (χ3n) is 5.41. The van der Waals surface area contributed by atoms with E-state index < -0.39 is 5.60 Å². The lowest BCUT2D eigenvalue weighted by molar-refractivity contribution is -0.161. The van der Waals surface area contributed by atoms with Gasteiger partial charge in [0.2, 0.25) is 5.91 Å². The van der Waals surface area contributed by atoms with Gasteiger partial charge in [-0.1, -0.05) is 18.2 Å². The van der Waals surface area contributed by atoms with Crippen LogP contribution in [0, 0.1) is 5.82 Å². The molecule has 2 saturated heterocycles. The smallest absolute Gasteiger partial charge is 0.255 e. The first-order valence-corrected chi connectivity index (χ1v) is 9.12. The topological polar surface area (TPSA) is 61.9 Å². The van der Waals surface area contributed by atoms with Crippen molar-refractivity contribution in [3.05, 3.63) is 35.6 Å². The summed E-state index contributed by atoms with van der Waals surface area (Å²) in [6.07, 6.45) is 1.37. The number of hydrogen-bond acceptors (Lipinski definition) is 4. The Morgan fingerprint density at radius 2 is 1.70 bits per heavy atom. The minimum Gasteiger partial charge on any atom is -0.368 e. The standard InChI is InChI=1S/C19H26FN3O3.ClH/c1-26-19(6-8-21-9-7-19)18(25)23-12-10-22(11-13-23)17(24)14-15-4-2-3-5-16(15)20;/h2-5,21H,6-14H2,1H3;1H. The molecule has 0 aromatic heterocycles. The van der Waals surface area contributed by atoms with Crippen LogP contribution in [0.3, 0.4) is 0 Å². The Morgan fingerprint density at radius 1 is 1.11 bits per heavy atom. The fourth-order valence-corrected chi connectivity index (χ4v) is 3.70. The van der Waals surface area contributed by atoms with Gasteiger partial charge in [0, 0.05) is 33.3 Å². The molecule has 0 saturated carbocycles. The van der Waals surface area contributed by atoms with Gasteiger partial charge in [-0.25, -0.2) is 4.39 Å². The van der Waals surface area contributed by atoms with Gasteiger partial charge in [0.05, 0.1) is 6.42 Å². The van der Waals surface area contributed by atoms with Crippen molar-refractivity contribution in [1.82, 2.24) is 15.1 Å². The van der Waals surface area contributed by atoms with Gasteiger partial charge in [-0.2, -0.15) is 0 Å². The average Bonchev–Trinajstić information content (AvgIpc) is 2.69. The van der Waals surface area contributed by atoms with Crippen LogP contribution in [0.25, 0.3) is 0 Å². The molecule has 1 aromatic rings. The van der Waals surface area contributed by atoms with Crippen LogP contribution in [0.5, 0.6) is 0 Å². The zero-order chi connectivity index (χ0) is 18.6. The highest BCUT2D eigenvalue weighted by atomic mass is 35.5. The van der Waals surface area contributed by atoms with Gasteiger partial charge in [0.15, 0.2) is 0 Å². The van der Waals surface area contributed by atoms with E-state index in [0.29, 0.717) is 44.6 Å². The lowest BCUT2D eigenvalue weighted by atomic mass is 9.90. The average molecular weight is 400 g/mol. The van der Waals surface area contributed by atoms with Crippen molar-refractivity contribution < 1.29 is 18.7 Å². The molecule has 2 amide bonds. The summed E-state index contributed by atoms with van der Waals surface area (Å²) < 4.78 is 19.3. The number of rotatable bonds is 4. The number of carbonyl (C=O) groups excluding carboxylic acids is 2. The molecule has 1 aromatic carbocycles. The molecule has 0 spiro atoms. The summed E-state index contributed by atoms with van der Waals surface area (Å²) in [6.45, 7) is 3.44. The zero-order valence-corrected chi connectivity index (χ0v) is 16.4. The van der Waals surface area contributed by atoms with E-state index in [1.165, 1.54) is 6.07 Å². The maximum Gasteiger partial charge on any atom is 0.255 e. The molecule has 3 rings (SSSR count). The lowest BCUT2D eigenvalue weighted by Crippen LogP contribution is -2.59. The van der Waals surface area contributed by atoms with Crippen molar-refractivity contribution in [2.45, 2.75) is 24.9 Å². The first kappa shape index (κ1) is 21.6. The number of ether oxygens (including phenoxy) is 1. The summed E-state index contributed by atoms with van der Waals surface area (Å²) in [5.41, 5.74) is -0.339. The van der Waals surface area contributed by atoms with Crippen LogP contribution in [0.1, 0.15) is 18.4 Å². The number of piperazine rings is 1. The molecule has 0 unspecified atom stereocenters. The van der Waals surface area contributed by atoms with Gasteiger partial charge in [-0.05, 0) is 37.6 Å². The van der Waals surface area contributed by atoms with E-state index in [4.69, 9.17) is 4.74 Å². The Kier molecular flexibility index (Phi) is 7.59. The Bertz CT molecular complexity index is 659. The largest absolute Gasteiger partial charge is 0.368 e. The van der Waals surface area contributed by atoms with Gasteiger partial charge in [-0.3, -0.25) is 9.59 Å². The van der Waals surface area contributed by atoms with E-state index in [0.717, 1.165) is 13.1 Å². The fraction of sp³-hybridized carbons (Fsp3) is 0.579. The summed E-state index contributed by atoms with van der Waals surface area (Å²) in [7, 11) is 1.59. The first-order valence-electron chi connectivity index (χ1n) is 9.12. The Labute approximate surface area is 165 Å². The van der Waals surface area contributed by atoms with E-state index in [1.54, 1.807) is 35.1 Å². The second-order valence-electron chi connectivity index (χ2n) is 6.89. The molecule has 8 heteroatoms. The molecule has 0 radical (unpaired) electrons. The van der Waals surface area contributed by atoms with E-state index in [1.807, 2.05) is 0 Å². The van der Waals surface area contributed by atoms with Gasteiger partial charge >= 0.3 is 0 Å². The summed E-state index contributed by atoms with van der Waals surface area (Å²) in [5.74, 6) is -0.448. The molecule has 1 N–H and O–H groups in total. The maximum absolute atomic E-state index is 13.7. The highest BCUT2D eigenvalue weighted by molar-refractivity contribution is 5.86. The summed E-state index contributed by atoms with van der Waals surface area (Å²) in [6, 6.07) is 6.33. The molecular formula is C19H27ClFN3O3. The van der Waals surface area contributed by atoms with Crippen molar-refractivity contribution in [2.75, 3.05) is 46.4 Å². The quantitative estimate of drug-likeness (QED) is 0.827. The molecule has 2 heterocycles. The minimum absolute atomic E-state index is 0. The molecule has 2 aliphatic heterocycles. The van der Waals surface area contributed by atoms with Crippen LogP contribution in [0.4, 0.5) is 4.39 Å². The summed E-state index contributed by atoms with van der Waals surface area (Å²) in [5, 5.41) is 3.25. The molecule has 0 bridgehead atoms. The van der Waals surface area contributed by atoms with Crippen LogP contribution < -0.4 is 5.32 Å². The molecule has 0 atom stereocenters. The molecule has 6 nitrogen and oxygen atoms in total. The molecule has 27 heavy (non-hydrogen) atoms. The number of piperidine rings is 1. The number of carbonyl (C=O) groups is 2. The summed E-state index contributed by atoms with van der Waals surface area (Å²) >= 11 is 0. The number of nitrogens with one attached hydrogen (secondary N) is 1. The van der Waals surface area contributed by atoms with Gasteiger partial charge in [-0.15, -0.1) is 12.4 Å². The van der Waals surface area contributed by atoms with Crippen molar-refractivity contribution in [3.8, 4) is 0 Å². The van der Waals surface area contributed by atoms with E-state index in [-0.39, 0.29) is 36.5 Å². The third-order valence-corrected chi connectivity index (χ3v) is 5.41. The lowest BCUT2D eigenvalue weighted by Gasteiger charge is -2.42. The Morgan fingerprint density at radius 3 is 2.30 bits per heavy atom. The zero-order valence-electron chi connectivity index (χ0n) is 15.6. The second kappa shape index (κ2) is 9.48. The molecule has 2 aliphatic rings. The normalized spacial score (nSPS) is 19.3. The van der Waals surface area contributed by atoms with E-state index >= 15 is 0 Å².